The molecule has 11 heteroatoms. The molecule has 7 nitrogen and oxygen atoms in total. The van der Waals surface area contributed by atoms with E-state index in [1.165, 1.54) is 7.05 Å². The Labute approximate surface area is 113 Å². The van der Waals surface area contributed by atoms with Crippen molar-refractivity contribution in [2.75, 3.05) is 25.2 Å². The molecule has 20 heavy (non-hydrogen) atoms. The number of nitrogens with one attached hydrogen (secondary N) is 1. The zero-order valence-corrected chi connectivity index (χ0v) is 11.7. The number of carbonyl (C=O) groups is 1. The first-order valence-corrected chi connectivity index (χ1v) is 7.08. The van der Waals surface area contributed by atoms with Gasteiger partial charge in [0.25, 0.3) is 0 Å². The van der Waals surface area contributed by atoms with Crippen LogP contribution in [-0.4, -0.2) is 48.3 Å². The highest BCUT2D eigenvalue weighted by Crippen LogP contribution is 2.30. The Hall–Kier alpha value is -1.62. The largest absolute Gasteiger partial charge is 0.433 e. The lowest BCUT2D eigenvalue weighted by Crippen LogP contribution is -2.34. The molecule has 0 fully saturated rings. The van der Waals surface area contributed by atoms with Crippen molar-refractivity contribution in [3.8, 4) is 0 Å². The molecule has 1 heterocycles. The number of nitrogens with zero attached hydrogens (tertiary/aromatic N) is 3. The molecule has 0 saturated heterocycles. The van der Waals surface area contributed by atoms with Gasteiger partial charge >= 0.3 is 6.18 Å². The number of alkyl halides is 3. The number of amides is 1. The summed E-state index contributed by atoms with van der Waals surface area (Å²) in [7, 11) is -1.29. The van der Waals surface area contributed by atoms with Crippen molar-refractivity contribution in [3.05, 3.63) is 11.8 Å². The summed E-state index contributed by atoms with van der Waals surface area (Å²) < 4.78 is 61.0. The predicted molar refractivity (Wildman–Crippen MR) is 64.3 cm³/mol. The number of rotatable bonds is 4. The van der Waals surface area contributed by atoms with Crippen LogP contribution in [0.5, 0.6) is 0 Å². The van der Waals surface area contributed by atoms with Crippen molar-refractivity contribution >= 4 is 21.7 Å². The van der Waals surface area contributed by atoms with E-state index in [0.29, 0.717) is 10.7 Å². The molecule has 0 radical (unpaired) electrons. The normalized spacial score (nSPS) is 12.8. The number of anilines is 1. The predicted octanol–water partition coefficient (Wildman–Crippen LogP) is 0.269. The third-order valence-electron chi connectivity index (χ3n) is 2.37. The molecule has 0 bridgehead atoms. The molecule has 0 aliphatic carbocycles. The van der Waals surface area contributed by atoms with Crippen LogP contribution in [0.15, 0.2) is 6.07 Å². The van der Waals surface area contributed by atoms with E-state index in [1.54, 1.807) is 0 Å². The van der Waals surface area contributed by atoms with E-state index < -0.39 is 34.3 Å². The third-order valence-corrected chi connectivity index (χ3v) is 3.63. The third kappa shape index (κ3) is 4.20. The summed E-state index contributed by atoms with van der Waals surface area (Å²) in [5, 5.41) is 5.58. The second-order valence-corrected chi connectivity index (χ2v) is 6.19. The number of likely N-dealkylation sites (N-methyl/N-ethyl adjacent to an activating group) is 1. The number of halogens is 3. The number of aromatic nitrogens is 2. The molecule has 1 aromatic heterocycles. The Morgan fingerprint density at radius 2 is 2.05 bits per heavy atom. The number of aryl methyl sites for hydroxylation is 1. The summed E-state index contributed by atoms with van der Waals surface area (Å²) >= 11 is 0. The van der Waals surface area contributed by atoms with Crippen molar-refractivity contribution in [3.63, 3.8) is 0 Å². The van der Waals surface area contributed by atoms with Crippen molar-refractivity contribution < 1.29 is 26.4 Å². The van der Waals surface area contributed by atoms with Gasteiger partial charge in [-0.1, -0.05) is 0 Å². The summed E-state index contributed by atoms with van der Waals surface area (Å²) in [6.45, 7) is -0.517. The van der Waals surface area contributed by atoms with Gasteiger partial charge < -0.3 is 5.32 Å². The molecule has 0 atom stereocenters. The standard InChI is InChI=1S/C9H13F3N4O3S/c1-15(20(3,18)19)5-8(17)13-7-4-6(9(10,11)12)16(2)14-7/h4H,5H2,1-3H3,(H,13,14,17). The fourth-order valence-corrected chi connectivity index (χ4v) is 1.65. The van der Waals surface area contributed by atoms with Crippen molar-refractivity contribution in [2.24, 2.45) is 7.05 Å². The molecule has 1 aromatic rings. The second kappa shape index (κ2) is 5.40. The van der Waals surface area contributed by atoms with Crippen molar-refractivity contribution in [1.29, 1.82) is 0 Å². The van der Waals surface area contributed by atoms with Gasteiger partial charge in [0.1, 0.15) is 5.69 Å². The van der Waals surface area contributed by atoms with Gasteiger partial charge in [-0.3, -0.25) is 9.48 Å². The number of hydrogen-bond acceptors (Lipinski definition) is 4. The van der Waals surface area contributed by atoms with Crippen LogP contribution in [0, 0.1) is 0 Å². The van der Waals surface area contributed by atoms with Gasteiger partial charge in [0.15, 0.2) is 5.82 Å². The van der Waals surface area contributed by atoms with E-state index in [4.69, 9.17) is 0 Å². The molecule has 1 N–H and O–H groups in total. The summed E-state index contributed by atoms with van der Waals surface area (Å²) in [4.78, 5) is 11.5. The Morgan fingerprint density at radius 1 is 1.50 bits per heavy atom. The van der Waals surface area contributed by atoms with Gasteiger partial charge in [-0.05, 0) is 0 Å². The number of carbonyl (C=O) groups excluding carboxylic acids is 1. The monoisotopic (exact) mass is 314 g/mol. The molecule has 0 aliphatic rings. The zero-order valence-electron chi connectivity index (χ0n) is 10.9. The molecule has 0 unspecified atom stereocenters. The van der Waals surface area contributed by atoms with E-state index in [1.807, 2.05) is 0 Å². The highest BCUT2D eigenvalue weighted by atomic mass is 32.2. The van der Waals surface area contributed by atoms with Gasteiger partial charge in [0, 0.05) is 20.2 Å². The summed E-state index contributed by atoms with van der Waals surface area (Å²) in [6.07, 6.45) is -3.68. The minimum Gasteiger partial charge on any atom is -0.308 e. The first-order chi connectivity index (χ1) is 8.91. The van der Waals surface area contributed by atoms with Gasteiger partial charge in [0.2, 0.25) is 15.9 Å². The van der Waals surface area contributed by atoms with Gasteiger partial charge in [-0.2, -0.15) is 22.6 Å². The molecule has 1 amide bonds. The van der Waals surface area contributed by atoms with Gasteiger partial charge in [-0.15, -0.1) is 0 Å². The lowest BCUT2D eigenvalue weighted by Gasteiger charge is -2.12. The Bertz CT molecular complexity index is 608. The van der Waals surface area contributed by atoms with Crippen LogP contribution in [0.2, 0.25) is 0 Å². The Kier molecular flexibility index (Phi) is 4.44. The minimum atomic E-state index is -4.59. The van der Waals surface area contributed by atoms with Gasteiger partial charge in [-0.25, -0.2) is 8.42 Å². The molecular formula is C9H13F3N4O3S. The quantitative estimate of drug-likeness (QED) is 0.864. The molecule has 0 spiro atoms. The second-order valence-electron chi connectivity index (χ2n) is 4.10. The average Bonchev–Trinajstić information content (AvgIpc) is 2.56. The maximum absolute atomic E-state index is 12.5. The summed E-state index contributed by atoms with van der Waals surface area (Å²) in [5.74, 6) is -1.09. The lowest BCUT2D eigenvalue weighted by molar-refractivity contribution is -0.143. The molecule has 114 valence electrons. The number of sulfonamides is 1. The van der Waals surface area contributed by atoms with Crippen LogP contribution < -0.4 is 5.32 Å². The highest BCUT2D eigenvalue weighted by Gasteiger charge is 2.35. The molecule has 1 rings (SSSR count). The van der Waals surface area contributed by atoms with Crippen LogP contribution in [0.25, 0.3) is 0 Å². The zero-order chi connectivity index (χ0) is 15.7. The van der Waals surface area contributed by atoms with E-state index in [2.05, 4.69) is 10.4 Å². The first-order valence-electron chi connectivity index (χ1n) is 5.23. The van der Waals surface area contributed by atoms with E-state index in [9.17, 15) is 26.4 Å². The topological polar surface area (TPSA) is 84.3 Å². The van der Waals surface area contributed by atoms with Crippen molar-refractivity contribution in [2.45, 2.75) is 6.18 Å². The van der Waals surface area contributed by atoms with Crippen LogP contribution in [0.3, 0.4) is 0 Å². The Balaban J connectivity index is 2.78. The van der Waals surface area contributed by atoms with E-state index in [-0.39, 0.29) is 5.82 Å². The maximum Gasteiger partial charge on any atom is 0.433 e. The van der Waals surface area contributed by atoms with Crippen LogP contribution >= 0.6 is 0 Å². The van der Waals surface area contributed by atoms with Crippen LogP contribution in [0.4, 0.5) is 19.0 Å². The fraction of sp³-hybridized carbons (Fsp3) is 0.556. The van der Waals surface area contributed by atoms with E-state index in [0.717, 1.165) is 17.6 Å². The molecule has 0 aliphatic heterocycles. The molecular weight excluding hydrogens is 301 g/mol. The molecule has 0 saturated carbocycles. The van der Waals surface area contributed by atoms with E-state index >= 15 is 0 Å². The summed E-state index contributed by atoms with van der Waals surface area (Å²) in [5.41, 5.74) is -1.02. The lowest BCUT2D eigenvalue weighted by atomic mass is 10.4. The SMILES string of the molecule is CN(CC(=O)Nc1cc(C(F)(F)F)n(C)n1)S(C)(=O)=O. The fourth-order valence-electron chi connectivity index (χ4n) is 1.30. The van der Waals surface area contributed by atoms with Crippen molar-refractivity contribution in [1.82, 2.24) is 14.1 Å². The smallest absolute Gasteiger partial charge is 0.308 e. The summed E-state index contributed by atoms with van der Waals surface area (Å²) in [6, 6.07) is 0.665. The average molecular weight is 314 g/mol. The minimum absolute atomic E-state index is 0.299. The number of hydrogen-bond donors (Lipinski definition) is 1. The Morgan fingerprint density at radius 3 is 2.45 bits per heavy atom. The highest BCUT2D eigenvalue weighted by molar-refractivity contribution is 7.88. The maximum atomic E-state index is 12.5. The van der Waals surface area contributed by atoms with Crippen LogP contribution in [-0.2, 0) is 28.0 Å². The van der Waals surface area contributed by atoms with Crippen LogP contribution in [0.1, 0.15) is 5.69 Å². The first kappa shape index (κ1) is 16.4. The molecule has 0 aromatic carbocycles. The van der Waals surface area contributed by atoms with Gasteiger partial charge in [0.05, 0.1) is 12.8 Å².